The Kier molecular flexibility index (Phi) is 3.38. The SMILES string of the molecule is Cc1ccc(NC(=O)c2cc(Br)cn2C2CC2)c(F)c1. The highest BCUT2D eigenvalue weighted by molar-refractivity contribution is 9.10. The molecule has 1 amide bonds. The average molecular weight is 337 g/mol. The fraction of sp³-hybridized carbons (Fsp3) is 0.267. The second kappa shape index (κ2) is 5.05. The molecule has 1 aliphatic rings. The summed E-state index contributed by atoms with van der Waals surface area (Å²) in [5.41, 5.74) is 1.59. The van der Waals surface area contributed by atoms with E-state index in [1.807, 2.05) is 17.7 Å². The van der Waals surface area contributed by atoms with Gasteiger partial charge in [-0.2, -0.15) is 0 Å². The first-order valence-electron chi connectivity index (χ1n) is 6.49. The zero-order valence-electron chi connectivity index (χ0n) is 11.0. The quantitative estimate of drug-likeness (QED) is 0.891. The second-order valence-electron chi connectivity index (χ2n) is 5.12. The Labute approximate surface area is 124 Å². The minimum atomic E-state index is -0.415. The van der Waals surface area contributed by atoms with E-state index in [-0.39, 0.29) is 11.6 Å². The molecule has 1 aliphatic carbocycles. The summed E-state index contributed by atoms with van der Waals surface area (Å²) >= 11 is 3.38. The number of benzene rings is 1. The van der Waals surface area contributed by atoms with Crippen LogP contribution in [0.1, 0.15) is 34.9 Å². The largest absolute Gasteiger partial charge is 0.339 e. The molecular formula is C15H14BrFN2O. The Hall–Kier alpha value is -1.62. The van der Waals surface area contributed by atoms with Gasteiger partial charge in [0.25, 0.3) is 5.91 Å². The third-order valence-electron chi connectivity index (χ3n) is 3.36. The van der Waals surface area contributed by atoms with Crippen LogP contribution in [-0.4, -0.2) is 10.5 Å². The van der Waals surface area contributed by atoms with Crippen LogP contribution in [0.15, 0.2) is 34.9 Å². The molecule has 2 aromatic rings. The van der Waals surface area contributed by atoms with E-state index in [1.165, 1.54) is 6.07 Å². The van der Waals surface area contributed by atoms with Gasteiger partial charge in [0.1, 0.15) is 11.5 Å². The van der Waals surface area contributed by atoms with Crippen LogP contribution < -0.4 is 5.32 Å². The molecule has 0 atom stereocenters. The molecule has 0 aliphatic heterocycles. The summed E-state index contributed by atoms with van der Waals surface area (Å²) in [6, 6.07) is 6.92. The first kappa shape index (κ1) is 13.4. The number of carbonyl (C=O) groups excluding carboxylic acids is 1. The summed E-state index contributed by atoms with van der Waals surface area (Å²) in [6.07, 6.45) is 4.07. The molecule has 0 radical (unpaired) electrons. The van der Waals surface area contributed by atoms with E-state index < -0.39 is 5.82 Å². The zero-order chi connectivity index (χ0) is 14.3. The third kappa shape index (κ3) is 2.63. The van der Waals surface area contributed by atoms with Crippen LogP contribution in [0.5, 0.6) is 0 Å². The highest BCUT2D eigenvalue weighted by Gasteiger charge is 2.28. The summed E-state index contributed by atoms with van der Waals surface area (Å²) < 4.78 is 16.6. The number of hydrogen-bond donors (Lipinski definition) is 1. The van der Waals surface area contributed by atoms with Crippen LogP contribution >= 0.6 is 15.9 Å². The molecule has 0 bridgehead atoms. The average Bonchev–Trinajstić information content (AvgIpc) is 3.16. The lowest BCUT2D eigenvalue weighted by molar-refractivity contribution is 0.101. The third-order valence-corrected chi connectivity index (χ3v) is 3.79. The van der Waals surface area contributed by atoms with Gasteiger partial charge < -0.3 is 9.88 Å². The van der Waals surface area contributed by atoms with Crippen molar-refractivity contribution in [1.82, 2.24) is 4.57 Å². The molecule has 1 fully saturated rings. The van der Waals surface area contributed by atoms with Gasteiger partial charge in [0, 0.05) is 16.7 Å². The van der Waals surface area contributed by atoms with Crippen molar-refractivity contribution in [1.29, 1.82) is 0 Å². The van der Waals surface area contributed by atoms with Crippen LogP contribution in [0.25, 0.3) is 0 Å². The molecular weight excluding hydrogens is 323 g/mol. The molecule has 1 saturated carbocycles. The van der Waals surface area contributed by atoms with Crippen LogP contribution in [0.3, 0.4) is 0 Å². The molecule has 20 heavy (non-hydrogen) atoms. The molecule has 0 spiro atoms. The summed E-state index contributed by atoms with van der Waals surface area (Å²) in [6.45, 7) is 1.81. The van der Waals surface area contributed by atoms with E-state index in [4.69, 9.17) is 0 Å². The van der Waals surface area contributed by atoms with Crippen molar-refractivity contribution in [2.24, 2.45) is 0 Å². The van der Waals surface area contributed by atoms with E-state index in [2.05, 4.69) is 21.2 Å². The normalized spacial score (nSPS) is 14.3. The van der Waals surface area contributed by atoms with Crippen LogP contribution in [0.2, 0.25) is 0 Å². The Balaban J connectivity index is 1.86. The first-order valence-corrected chi connectivity index (χ1v) is 7.29. The van der Waals surface area contributed by atoms with Crippen molar-refractivity contribution >= 4 is 27.5 Å². The molecule has 1 aromatic carbocycles. The second-order valence-corrected chi connectivity index (χ2v) is 6.04. The van der Waals surface area contributed by atoms with Gasteiger partial charge in [-0.25, -0.2) is 4.39 Å². The lowest BCUT2D eigenvalue weighted by atomic mass is 10.2. The van der Waals surface area contributed by atoms with Gasteiger partial charge >= 0.3 is 0 Å². The molecule has 1 heterocycles. The number of rotatable bonds is 3. The van der Waals surface area contributed by atoms with Gasteiger partial charge in [-0.1, -0.05) is 6.07 Å². The van der Waals surface area contributed by atoms with Gasteiger partial charge in [-0.05, 0) is 59.5 Å². The molecule has 5 heteroatoms. The smallest absolute Gasteiger partial charge is 0.272 e. The Morgan fingerprint density at radius 3 is 2.80 bits per heavy atom. The van der Waals surface area contributed by atoms with Gasteiger partial charge in [0.2, 0.25) is 0 Å². The highest BCUT2D eigenvalue weighted by Crippen LogP contribution is 2.37. The minimum absolute atomic E-state index is 0.209. The van der Waals surface area contributed by atoms with Crippen molar-refractivity contribution in [2.75, 3.05) is 5.32 Å². The van der Waals surface area contributed by atoms with Crippen molar-refractivity contribution < 1.29 is 9.18 Å². The maximum atomic E-state index is 13.8. The van der Waals surface area contributed by atoms with Crippen molar-refractivity contribution in [3.8, 4) is 0 Å². The van der Waals surface area contributed by atoms with E-state index >= 15 is 0 Å². The maximum Gasteiger partial charge on any atom is 0.272 e. The number of carbonyl (C=O) groups is 1. The van der Waals surface area contributed by atoms with E-state index in [1.54, 1.807) is 18.2 Å². The predicted octanol–water partition coefficient (Wildman–Crippen LogP) is 4.29. The molecule has 1 aromatic heterocycles. The number of anilines is 1. The number of amides is 1. The Morgan fingerprint density at radius 2 is 2.15 bits per heavy atom. The number of hydrogen-bond acceptors (Lipinski definition) is 1. The van der Waals surface area contributed by atoms with E-state index in [0.717, 1.165) is 22.9 Å². The van der Waals surface area contributed by atoms with E-state index in [0.29, 0.717) is 11.7 Å². The molecule has 3 rings (SSSR count). The van der Waals surface area contributed by atoms with Gasteiger partial charge in [-0.15, -0.1) is 0 Å². The fourth-order valence-corrected chi connectivity index (χ4v) is 2.63. The zero-order valence-corrected chi connectivity index (χ0v) is 12.6. The number of aromatic nitrogens is 1. The van der Waals surface area contributed by atoms with Crippen LogP contribution in [-0.2, 0) is 0 Å². The molecule has 0 saturated heterocycles. The number of nitrogens with one attached hydrogen (secondary N) is 1. The molecule has 0 unspecified atom stereocenters. The summed E-state index contributed by atoms with van der Waals surface area (Å²) in [5.74, 6) is -0.702. The topological polar surface area (TPSA) is 34.0 Å². The molecule has 3 nitrogen and oxygen atoms in total. The van der Waals surface area contributed by atoms with E-state index in [9.17, 15) is 9.18 Å². The lowest BCUT2D eigenvalue weighted by Crippen LogP contribution is -2.17. The summed E-state index contributed by atoms with van der Waals surface area (Å²) in [7, 11) is 0. The number of nitrogens with zero attached hydrogens (tertiary/aromatic N) is 1. The molecule has 104 valence electrons. The number of aryl methyl sites for hydroxylation is 1. The van der Waals surface area contributed by atoms with Gasteiger partial charge in [0.15, 0.2) is 0 Å². The monoisotopic (exact) mass is 336 g/mol. The van der Waals surface area contributed by atoms with Gasteiger partial charge in [0.05, 0.1) is 5.69 Å². The highest BCUT2D eigenvalue weighted by atomic mass is 79.9. The Morgan fingerprint density at radius 1 is 1.40 bits per heavy atom. The van der Waals surface area contributed by atoms with Gasteiger partial charge in [-0.3, -0.25) is 4.79 Å². The minimum Gasteiger partial charge on any atom is -0.339 e. The lowest BCUT2D eigenvalue weighted by Gasteiger charge is -2.09. The van der Waals surface area contributed by atoms with Crippen molar-refractivity contribution in [3.05, 3.63) is 52.0 Å². The maximum absolute atomic E-state index is 13.8. The van der Waals surface area contributed by atoms with Crippen LogP contribution in [0, 0.1) is 12.7 Å². The standard InChI is InChI=1S/C15H14BrFN2O/c1-9-2-5-13(12(17)6-9)18-15(20)14-7-10(16)8-19(14)11-3-4-11/h2,5-8,11H,3-4H2,1H3,(H,18,20). The fourth-order valence-electron chi connectivity index (χ4n) is 2.19. The first-order chi connectivity index (χ1) is 9.54. The molecule has 1 N–H and O–H groups in total. The van der Waals surface area contributed by atoms with Crippen molar-refractivity contribution in [3.63, 3.8) is 0 Å². The summed E-state index contributed by atoms with van der Waals surface area (Å²) in [5, 5.41) is 2.63. The Bertz CT molecular complexity index is 677. The van der Waals surface area contributed by atoms with Crippen molar-refractivity contribution in [2.45, 2.75) is 25.8 Å². The van der Waals surface area contributed by atoms with Crippen LogP contribution in [0.4, 0.5) is 10.1 Å². The summed E-state index contributed by atoms with van der Waals surface area (Å²) in [4.78, 5) is 12.3. The number of halogens is 2. The predicted molar refractivity (Wildman–Crippen MR) is 79.5 cm³/mol.